The Bertz CT molecular complexity index is 1450. The predicted molar refractivity (Wildman–Crippen MR) is 127 cm³/mol. The van der Waals surface area contributed by atoms with Gasteiger partial charge in [0.05, 0.1) is 31.9 Å². The maximum Gasteiger partial charge on any atom is 0.271 e. The molecule has 0 amide bonds. The van der Waals surface area contributed by atoms with E-state index in [9.17, 15) is 9.59 Å². The second-order valence-corrected chi connectivity index (χ2v) is 8.50. The topological polar surface area (TPSA) is 79.1 Å². The van der Waals surface area contributed by atoms with E-state index in [4.69, 9.17) is 14.2 Å². The number of ketones is 1. The van der Waals surface area contributed by atoms with Gasteiger partial charge in [0, 0.05) is 28.5 Å². The minimum absolute atomic E-state index is 0.155. The lowest BCUT2D eigenvalue weighted by Gasteiger charge is -2.26. The third-order valence-electron chi connectivity index (χ3n) is 5.56. The fraction of sp³-hybridized carbons (Fsp3) is 0.240. The van der Waals surface area contributed by atoms with Gasteiger partial charge in [-0.15, -0.1) is 0 Å². The summed E-state index contributed by atoms with van der Waals surface area (Å²) in [5.74, 6) is 1.65. The van der Waals surface area contributed by atoms with Crippen molar-refractivity contribution in [3.8, 4) is 17.2 Å². The molecule has 2 aromatic carbocycles. The van der Waals surface area contributed by atoms with E-state index >= 15 is 0 Å². The Morgan fingerprint density at radius 2 is 1.79 bits per heavy atom. The van der Waals surface area contributed by atoms with Crippen LogP contribution in [0.5, 0.6) is 17.2 Å². The molecule has 1 aliphatic heterocycles. The summed E-state index contributed by atoms with van der Waals surface area (Å²) in [6, 6.07) is 12.2. The van der Waals surface area contributed by atoms with Crippen molar-refractivity contribution in [2.24, 2.45) is 4.99 Å². The summed E-state index contributed by atoms with van der Waals surface area (Å²) in [7, 11) is 4.71. The highest BCUT2D eigenvalue weighted by atomic mass is 32.1. The van der Waals surface area contributed by atoms with Gasteiger partial charge in [-0.1, -0.05) is 29.5 Å². The number of nitrogens with zero attached hydrogens (tertiary/aromatic N) is 2. The number of allylic oxidation sites excluding steroid dienone is 2. The number of para-hydroxylation sites is 1. The number of aromatic nitrogens is 1. The van der Waals surface area contributed by atoms with Gasteiger partial charge in [0.1, 0.15) is 17.2 Å². The first-order valence-electron chi connectivity index (χ1n) is 10.3. The zero-order chi connectivity index (χ0) is 23.7. The molecule has 1 unspecified atom stereocenters. The summed E-state index contributed by atoms with van der Waals surface area (Å²) in [6.45, 7) is 3.28. The predicted octanol–water partition coefficient (Wildman–Crippen LogP) is 2.85. The van der Waals surface area contributed by atoms with E-state index in [0.29, 0.717) is 43.4 Å². The van der Waals surface area contributed by atoms with E-state index in [1.807, 2.05) is 30.3 Å². The van der Waals surface area contributed by atoms with Gasteiger partial charge < -0.3 is 14.2 Å². The number of benzene rings is 2. The number of fused-ring (bicyclic) bond motifs is 1. The first-order chi connectivity index (χ1) is 15.9. The molecule has 4 rings (SSSR count). The molecule has 0 bridgehead atoms. The Labute approximate surface area is 194 Å². The molecular formula is C25H24N2O5S. The van der Waals surface area contributed by atoms with Crippen molar-refractivity contribution in [2.45, 2.75) is 19.9 Å². The van der Waals surface area contributed by atoms with Gasteiger partial charge in [0.2, 0.25) is 0 Å². The molecule has 1 aromatic heterocycles. The van der Waals surface area contributed by atoms with Crippen LogP contribution in [0.2, 0.25) is 0 Å². The summed E-state index contributed by atoms with van der Waals surface area (Å²) in [6.07, 6.45) is 1.79. The average Bonchev–Trinajstić information content (AvgIpc) is 3.12. The third-order valence-corrected chi connectivity index (χ3v) is 6.54. The number of hydrogen-bond acceptors (Lipinski definition) is 7. The van der Waals surface area contributed by atoms with Crippen LogP contribution in [-0.4, -0.2) is 31.7 Å². The van der Waals surface area contributed by atoms with Crippen LogP contribution in [-0.2, 0) is 4.79 Å². The van der Waals surface area contributed by atoms with Crippen LogP contribution in [0.25, 0.3) is 6.08 Å². The van der Waals surface area contributed by atoms with Crippen LogP contribution in [0, 0.1) is 0 Å². The summed E-state index contributed by atoms with van der Waals surface area (Å²) in [5.41, 5.74) is 2.26. The van der Waals surface area contributed by atoms with Gasteiger partial charge in [0.25, 0.3) is 5.56 Å². The molecule has 0 N–H and O–H groups in total. The van der Waals surface area contributed by atoms with Crippen molar-refractivity contribution in [1.29, 1.82) is 0 Å². The normalized spacial score (nSPS) is 15.7. The summed E-state index contributed by atoms with van der Waals surface area (Å²) in [5, 5.41) is 0. The number of thiazole rings is 1. The number of rotatable bonds is 6. The fourth-order valence-electron chi connectivity index (χ4n) is 4.04. The first kappa shape index (κ1) is 22.5. The van der Waals surface area contributed by atoms with E-state index < -0.39 is 6.04 Å². The Morgan fingerprint density at radius 3 is 2.45 bits per heavy atom. The fourth-order valence-corrected chi connectivity index (χ4v) is 5.07. The maximum atomic E-state index is 13.6. The van der Waals surface area contributed by atoms with Gasteiger partial charge in [-0.2, -0.15) is 0 Å². The molecular weight excluding hydrogens is 440 g/mol. The van der Waals surface area contributed by atoms with Crippen molar-refractivity contribution < 1.29 is 19.0 Å². The third kappa shape index (κ3) is 3.98. The largest absolute Gasteiger partial charge is 0.497 e. The van der Waals surface area contributed by atoms with Gasteiger partial charge in [-0.3, -0.25) is 14.2 Å². The van der Waals surface area contributed by atoms with Crippen LogP contribution in [0.15, 0.2) is 63.5 Å². The minimum Gasteiger partial charge on any atom is -0.497 e. The molecule has 1 aliphatic rings. The Kier molecular flexibility index (Phi) is 6.20. The number of carbonyl (C=O) groups is 1. The summed E-state index contributed by atoms with van der Waals surface area (Å²) >= 11 is 1.27. The highest BCUT2D eigenvalue weighted by molar-refractivity contribution is 7.07. The number of carbonyl (C=O) groups excluding carboxylic acids is 1. The molecule has 33 heavy (non-hydrogen) atoms. The van der Waals surface area contributed by atoms with Crippen LogP contribution >= 0.6 is 11.3 Å². The Morgan fingerprint density at radius 1 is 1.06 bits per heavy atom. The molecule has 3 aromatic rings. The molecule has 170 valence electrons. The maximum absolute atomic E-state index is 13.6. The van der Waals surface area contributed by atoms with Crippen molar-refractivity contribution >= 4 is 23.2 Å². The quantitative estimate of drug-likeness (QED) is 0.561. The number of Topliss-reactive ketones (excluding diaryl/α,β-unsaturated/α-hetero) is 1. The van der Waals surface area contributed by atoms with Crippen molar-refractivity contribution in [3.63, 3.8) is 0 Å². The van der Waals surface area contributed by atoms with Crippen LogP contribution in [0.1, 0.15) is 31.0 Å². The second kappa shape index (κ2) is 9.07. The van der Waals surface area contributed by atoms with E-state index in [1.165, 1.54) is 18.3 Å². The van der Waals surface area contributed by atoms with Crippen molar-refractivity contribution in [1.82, 2.24) is 4.57 Å². The first-order valence-corrected chi connectivity index (χ1v) is 11.1. The highest BCUT2D eigenvalue weighted by Gasteiger charge is 2.32. The van der Waals surface area contributed by atoms with Crippen LogP contribution in [0.4, 0.5) is 0 Å². The molecule has 2 heterocycles. The van der Waals surface area contributed by atoms with E-state index in [0.717, 1.165) is 5.56 Å². The van der Waals surface area contributed by atoms with E-state index in [2.05, 4.69) is 4.99 Å². The summed E-state index contributed by atoms with van der Waals surface area (Å²) < 4.78 is 18.4. The van der Waals surface area contributed by atoms with Gasteiger partial charge in [-0.25, -0.2) is 4.99 Å². The smallest absolute Gasteiger partial charge is 0.271 e. The zero-order valence-electron chi connectivity index (χ0n) is 19.0. The lowest BCUT2D eigenvalue weighted by molar-refractivity contribution is -0.114. The molecule has 0 saturated heterocycles. The lowest BCUT2D eigenvalue weighted by Crippen LogP contribution is -2.39. The molecule has 0 aliphatic carbocycles. The second-order valence-electron chi connectivity index (χ2n) is 7.49. The number of ether oxygens (including phenoxy) is 3. The molecule has 7 nitrogen and oxygen atoms in total. The number of methoxy groups -OCH3 is 3. The van der Waals surface area contributed by atoms with E-state index in [-0.39, 0.29) is 11.3 Å². The van der Waals surface area contributed by atoms with Gasteiger partial charge in [0.15, 0.2) is 10.6 Å². The lowest BCUT2D eigenvalue weighted by atomic mass is 9.92. The van der Waals surface area contributed by atoms with E-state index in [1.54, 1.807) is 51.0 Å². The molecule has 0 saturated carbocycles. The summed E-state index contributed by atoms with van der Waals surface area (Å²) in [4.78, 5) is 31.5. The van der Waals surface area contributed by atoms with Crippen LogP contribution < -0.4 is 29.1 Å². The Balaban J connectivity index is 2.01. The molecule has 8 heteroatoms. The van der Waals surface area contributed by atoms with Crippen molar-refractivity contribution in [2.75, 3.05) is 21.3 Å². The minimum atomic E-state index is -0.667. The standard InChI is InChI=1S/C25H24N2O5S/c1-14-22(15(2)28)23(18-11-10-17(30-3)13-20(18)32-5)27-24(29)21(33-25(27)26-14)12-16-8-6-7-9-19(16)31-4/h6-13,23H,1-5H3/b21-12-. The number of hydrogen-bond donors (Lipinski definition) is 0. The van der Waals surface area contributed by atoms with Gasteiger partial charge in [-0.05, 0) is 38.1 Å². The van der Waals surface area contributed by atoms with Crippen LogP contribution in [0.3, 0.4) is 0 Å². The monoisotopic (exact) mass is 464 g/mol. The molecule has 0 radical (unpaired) electrons. The molecule has 0 spiro atoms. The Hall–Kier alpha value is -3.65. The zero-order valence-corrected chi connectivity index (χ0v) is 19.9. The SMILES string of the molecule is COc1ccc(C2C(C(C)=O)=C(C)N=c3s/c(=C\c4ccccc4OC)c(=O)n32)c(OC)c1. The average molecular weight is 465 g/mol. The van der Waals surface area contributed by atoms with Crippen molar-refractivity contribution in [3.05, 3.63) is 84.5 Å². The molecule has 1 atom stereocenters. The van der Waals surface area contributed by atoms with Gasteiger partial charge >= 0.3 is 0 Å². The molecule has 0 fully saturated rings. The highest BCUT2D eigenvalue weighted by Crippen LogP contribution is 2.37.